The number of carbonyl (C=O) groups excluding carboxylic acids is 1. The molecule has 1 saturated carbocycles. The Morgan fingerprint density at radius 3 is 2.50 bits per heavy atom. The van der Waals surface area contributed by atoms with Gasteiger partial charge < -0.3 is 15.6 Å². The van der Waals surface area contributed by atoms with Crippen LogP contribution in [0.15, 0.2) is 29.4 Å². The predicted octanol–water partition coefficient (Wildman–Crippen LogP) is 1.48. The maximum absolute atomic E-state index is 13.1. The first-order valence-electron chi connectivity index (χ1n) is 9.42. The minimum Gasteiger partial charge on any atom is -0.345 e. The number of hydrogen-bond acceptors (Lipinski definition) is 5. The van der Waals surface area contributed by atoms with Gasteiger partial charge in [0.2, 0.25) is 15.9 Å². The van der Waals surface area contributed by atoms with E-state index in [-0.39, 0.29) is 36.3 Å². The van der Waals surface area contributed by atoms with Crippen LogP contribution in [0.3, 0.4) is 0 Å². The van der Waals surface area contributed by atoms with Crippen LogP contribution < -0.4 is 5.73 Å². The molecular formula is C18H26ClN5O3S. The van der Waals surface area contributed by atoms with Crippen LogP contribution in [-0.2, 0) is 14.8 Å². The van der Waals surface area contributed by atoms with Crippen LogP contribution in [0.5, 0.6) is 0 Å². The number of amides is 1. The monoisotopic (exact) mass is 427 g/mol. The van der Waals surface area contributed by atoms with E-state index in [0.29, 0.717) is 37.0 Å². The Morgan fingerprint density at radius 2 is 1.82 bits per heavy atom. The second kappa shape index (κ2) is 7.98. The second-order valence-electron chi connectivity index (χ2n) is 7.47. The van der Waals surface area contributed by atoms with E-state index in [1.54, 1.807) is 23.2 Å². The lowest BCUT2D eigenvalue weighted by Crippen LogP contribution is -2.60. The zero-order valence-corrected chi connectivity index (χ0v) is 17.3. The Morgan fingerprint density at radius 1 is 1.14 bits per heavy atom. The number of sulfonamides is 1. The van der Waals surface area contributed by atoms with E-state index in [9.17, 15) is 13.2 Å². The third-order valence-electron chi connectivity index (χ3n) is 5.73. The third kappa shape index (κ3) is 3.63. The van der Waals surface area contributed by atoms with Crippen molar-refractivity contribution in [1.82, 2.24) is 19.2 Å². The molecule has 1 saturated heterocycles. The van der Waals surface area contributed by atoms with Crippen molar-refractivity contribution in [1.29, 1.82) is 0 Å². The van der Waals surface area contributed by atoms with Crippen LogP contribution >= 0.6 is 12.4 Å². The van der Waals surface area contributed by atoms with Gasteiger partial charge >= 0.3 is 0 Å². The summed E-state index contributed by atoms with van der Waals surface area (Å²) in [5.41, 5.74) is 6.13. The molecule has 0 unspecified atom stereocenters. The molecule has 2 fully saturated rings. The molecule has 4 rings (SSSR count). The molecule has 1 aliphatic carbocycles. The lowest BCUT2D eigenvalue weighted by molar-refractivity contribution is -0.139. The van der Waals surface area contributed by atoms with Gasteiger partial charge in [0.05, 0.1) is 5.54 Å². The Balaban J connectivity index is 0.00000225. The van der Waals surface area contributed by atoms with E-state index < -0.39 is 15.6 Å². The molecule has 0 spiro atoms. The lowest BCUT2D eigenvalue weighted by atomic mass is 9.81. The van der Waals surface area contributed by atoms with Crippen LogP contribution in [-0.4, -0.2) is 65.2 Å². The first kappa shape index (κ1) is 21.0. The fourth-order valence-corrected chi connectivity index (χ4v) is 5.70. The Hall–Kier alpha value is -1.68. The van der Waals surface area contributed by atoms with Crippen molar-refractivity contribution in [2.45, 2.75) is 42.5 Å². The standard InChI is InChI=1S/C18H25N5O3S.ClH/c19-18(6-2-1-3-7-18)17(24)22-9-11-23(12-10-22)27(25,26)15-13-21-16-14(15)5-4-8-20-16;/h4-5,8,13H,1-3,6-7,9-12,19H2,(H,20,21);1H. The van der Waals surface area contributed by atoms with Crippen molar-refractivity contribution in [2.75, 3.05) is 26.2 Å². The molecule has 3 N–H and O–H groups in total. The average Bonchev–Trinajstić information content (AvgIpc) is 3.13. The Labute approximate surface area is 170 Å². The van der Waals surface area contributed by atoms with Gasteiger partial charge in [-0.25, -0.2) is 13.4 Å². The molecule has 0 aromatic carbocycles. The summed E-state index contributed by atoms with van der Waals surface area (Å²) in [5, 5.41) is 0.583. The van der Waals surface area contributed by atoms with Gasteiger partial charge in [-0.2, -0.15) is 4.31 Å². The molecule has 8 nitrogen and oxygen atoms in total. The van der Waals surface area contributed by atoms with E-state index in [2.05, 4.69) is 9.97 Å². The number of pyridine rings is 1. The summed E-state index contributed by atoms with van der Waals surface area (Å²) in [6.45, 7) is 1.30. The van der Waals surface area contributed by atoms with E-state index in [1.807, 2.05) is 0 Å². The number of H-pyrrole nitrogens is 1. The summed E-state index contributed by atoms with van der Waals surface area (Å²) in [6.07, 6.45) is 7.61. The number of fused-ring (bicyclic) bond motifs is 1. The van der Waals surface area contributed by atoms with Crippen molar-refractivity contribution in [3.05, 3.63) is 24.5 Å². The highest BCUT2D eigenvalue weighted by molar-refractivity contribution is 7.89. The highest BCUT2D eigenvalue weighted by Gasteiger charge is 2.40. The summed E-state index contributed by atoms with van der Waals surface area (Å²) in [6, 6.07) is 3.46. The van der Waals surface area contributed by atoms with Gasteiger partial charge in [0.15, 0.2) is 0 Å². The van der Waals surface area contributed by atoms with Gasteiger partial charge in [-0.1, -0.05) is 19.3 Å². The summed E-state index contributed by atoms with van der Waals surface area (Å²) in [4.78, 5) is 21.9. The van der Waals surface area contributed by atoms with E-state index in [4.69, 9.17) is 5.73 Å². The number of rotatable bonds is 3. The van der Waals surface area contributed by atoms with Crippen LogP contribution in [0.2, 0.25) is 0 Å². The Bertz CT molecular complexity index is 947. The molecule has 0 bridgehead atoms. The zero-order chi connectivity index (χ0) is 19.1. The third-order valence-corrected chi connectivity index (χ3v) is 7.67. The molecule has 0 atom stereocenters. The molecule has 3 heterocycles. The normalized spacial score (nSPS) is 20.7. The predicted molar refractivity (Wildman–Crippen MR) is 109 cm³/mol. The topological polar surface area (TPSA) is 112 Å². The molecule has 10 heteroatoms. The van der Waals surface area contributed by atoms with Gasteiger partial charge in [0.1, 0.15) is 10.5 Å². The largest absolute Gasteiger partial charge is 0.345 e. The molecule has 1 aliphatic heterocycles. The number of nitrogens with two attached hydrogens (primary N) is 1. The number of hydrogen-bond donors (Lipinski definition) is 2. The van der Waals surface area contributed by atoms with Crippen molar-refractivity contribution < 1.29 is 13.2 Å². The summed E-state index contributed by atoms with van der Waals surface area (Å²) >= 11 is 0. The first-order chi connectivity index (χ1) is 12.9. The smallest absolute Gasteiger partial charge is 0.245 e. The van der Waals surface area contributed by atoms with E-state index in [1.165, 1.54) is 10.5 Å². The van der Waals surface area contributed by atoms with E-state index >= 15 is 0 Å². The molecule has 1 amide bonds. The fourth-order valence-electron chi connectivity index (χ4n) is 4.13. The lowest BCUT2D eigenvalue weighted by Gasteiger charge is -2.40. The van der Waals surface area contributed by atoms with Crippen LogP contribution in [0.1, 0.15) is 32.1 Å². The molecular weight excluding hydrogens is 402 g/mol. The maximum Gasteiger partial charge on any atom is 0.245 e. The molecule has 28 heavy (non-hydrogen) atoms. The Kier molecular flexibility index (Phi) is 6.00. The van der Waals surface area contributed by atoms with Crippen molar-refractivity contribution in [3.8, 4) is 0 Å². The minimum absolute atomic E-state index is 0. The second-order valence-corrected chi connectivity index (χ2v) is 9.37. The minimum atomic E-state index is -3.64. The van der Waals surface area contributed by atoms with Crippen molar-refractivity contribution in [2.24, 2.45) is 5.73 Å². The van der Waals surface area contributed by atoms with Gasteiger partial charge in [-0.3, -0.25) is 4.79 Å². The van der Waals surface area contributed by atoms with Crippen LogP contribution in [0, 0.1) is 0 Å². The van der Waals surface area contributed by atoms with Crippen molar-refractivity contribution in [3.63, 3.8) is 0 Å². The molecule has 0 radical (unpaired) electrons. The summed E-state index contributed by atoms with van der Waals surface area (Å²) in [7, 11) is -3.64. The number of nitrogens with zero attached hydrogens (tertiary/aromatic N) is 3. The van der Waals surface area contributed by atoms with Gasteiger partial charge in [0.25, 0.3) is 0 Å². The average molecular weight is 428 g/mol. The number of carbonyl (C=O) groups is 1. The molecule has 154 valence electrons. The van der Waals surface area contributed by atoms with Gasteiger partial charge in [-0.15, -0.1) is 12.4 Å². The highest BCUT2D eigenvalue weighted by Crippen LogP contribution is 2.29. The van der Waals surface area contributed by atoms with Crippen molar-refractivity contribution >= 4 is 39.4 Å². The molecule has 2 aromatic rings. The van der Waals surface area contributed by atoms with Crippen LogP contribution in [0.4, 0.5) is 0 Å². The SMILES string of the molecule is Cl.NC1(C(=O)N2CCN(S(=O)(=O)c3c[nH]c4ncccc34)CC2)CCCCC1. The number of aromatic amines is 1. The molecule has 2 aliphatic rings. The number of piperazine rings is 1. The maximum atomic E-state index is 13.1. The fraction of sp³-hybridized carbons (Fsp3) is 0.556. The number of nitrogens with one attached hydrogen (secondary N) is 1. The molecule has 2 aromatic heterocycles. The summed E-state index contributed by atoms with van der Waals surface area (Å²) < 4.78 is 27.5. The quantitative estimate of drug-likeness (QED) is 0.770. The summed E-state index contributed by atoms with van der Waals surface area (Å²) in [5.74, 6) is -0.0319. The van der Waals surface area contributed by atoms with Crippen LogP contribution in [0.25, 0.3) is 11.0 Å². The van der Waals surface area contributed by atoms with E-state index in [0.717, 1.165) is 19.3 Å². The number of aromatic nitrogens is 2. The van der Waals surface area contributed by atoms with Gasteiger partial charge in [-0.05, 0) is 25.0 Å². The zero-order valence-electron chi connectivity index (χ0n) is 15.6. The highest BCUT2D eigenvalue weighted by atomic mass is 35.5. The number of halogens is 1. The first-order valence-corrected chi connectivity index (χ1v) is 10.9. The van der Waals surface area contributed by atoms with Gasteiger partial charge in [0, 0.05) is 44.0 Å².